The molecule has 17 heavy (non-hydrogen) atoms. The van der Waals surface area contributed by atoms with Crippen LogP contribution in [0.1, 0.15) is 64.7 Å². The molecular formula is C14H28INO. The molecule has 0 aromatic rings. The third-order valence-electron chi connectivity index (χ3n) is 4.31. The number of aliphatic hydroxyl groups is 1. The Kier molecular flexibility index (Phi) is 8.04. The molecule has 3 heteroatoms. The van der Waals surface area contributed by atoms with Crippen LogP contribution in [-0.2, 0) is 0 Å². The fourth-order valence-corrected chi connectivity index (χ4v) is 3.86. The molecule has 0 aromatic heterocycles. The van der Waals surface area contributed by atoms with Crippen LogP contribution in [-0.4, -0.2) is 22.3 Å². The maximum atomic E-state index is 8.96. The Labute approximate surface area is 120 Å². The molecular weight excluding hydrogens is 325 g/mol. The molecule has 0 bridgehead atoms. The van der Waals surface area contributed by atoms with Crippen LogP contribution < -0.4 is 5.32 Å². The van der Waals surface area contributed by atoms with E-state index in [0.29, 0.717) is 5.41 Å². The fraction of sp³-hybridized carbons (Fsp3) is 1.00. The molecule has 0 unspecified atom stereocenters. The summed E-state index contributed by atoms with van der Waals surface area (Å²) in [5.74, 6) is 0. The number of alkyl halides is 1. The van der Waals surface area contributed by atoms with Crippen LogP contribution >= 0.6 is 22.6 Å². The van der Waals surface area contributed by atoms with Gasteiger partial charge in [0.2, 0.25) is 0 Å². The van der Waals surface area contributed by atoms with Crippen LogP contribution in [0.25, 0.3) is 0 Å². The van der Waals surface area contributed by atoms with E-state index in [0.717, 1.165) is 10.5 Å². The molecule has 1 aliphatic rings. The number of hydrogen-bond acceptors (Lipinski definition) is 2. The molecule has 0 radical (unpaired) electrons. The molecule has 0 atom stereocenters. The Morgan fingerprint density at radius 2 is 1.76 bits per heavy atom. The maximum Gasteiger partial charge on any atom is 0.0931 e. The van der Waals surface area contributed by atoms with Crippen molar-refractivity contribution in [1.29, 1.82) is 0 Å². The molecule has 0 aromatic carbocycles. The SMILES string of the molecule is CCC1(CNCO)CCCCC(I)CCCC1. The van der Waals surface area contributed by atoms with E-state index in [4.69, 9.17) is 5.11 Å². The quantitative estimate of drug-likeness (QED) is 0.457. The van der Waals surface area contributed by atoms with Gasteiger partial charge in [-0.3, -0.25) is 5.32 Å². The monoisotopic (exact) mass is 353 g/mol. The lowest BCUT2D eigenvalue weighted by atomic mass is 9.75. The van der Waals surface area contributed by atoms with Gasteiger partial charge in [-0.15, -0.1) is 0 Å². The van der Waals surface area contributed by atoms with Gasteiger partial charge in [-0.2, -0.15) is 0 Å². The van der Waals surface area contributed by atoms with E-state index in [-0.39, 0.29) is 6.73 Å². The largest absolute Gasteiger partial charge is 0.381 e. The van der Waals surface area contributed by atoms with E-state index in [2.05, 4.69) is 34.8 Å². The zero-order valence-corrected chi connectivity index (χ0v) is 13.3. The van der Waals surface area contributed by atoms with Crippen molar-refractivity contribution in [2.24, 2.45) is 5.41 Å². The average Bonchev–Trinajstić information content (AvgIpc) is 2.36. The van der Waals surface area contributed by atoms with Gasteiger partial charge in [0.15, 0.2) is 0 Å². The highest BCUT2D eigenvalue weighted by Crippen LogP contribution is 2.36. The van der Waals surface area contributed by atoms with E-state index < -0.39 is 0 Å². The van der Waals surface area contributed by atoms with E-state index in [1.165, 1.54) is 57.8 Å². The predicted molar refractivity (Wildman–Crippen MR) is 82.6 cm³/mol. The van der Waals surface area contributed by atoms with Gasteiger partial charge in [0.1, 0.15) is 0 Å². The summed E-state index contributed by atoms with van der Waals surface area (Å²) in [6, 6.07) is 0. The van der Waals surface area contributed by atoms with Crippen LogP contribution in [0.4, 0.5) is 0 Å². The van der Waals surface area contributed by atoms with E-state index in [1.54, 1.807) is 0 Å². The van der Waals surface area contributed by atoms with Crippen LogP contribution in [0.5, 0.6) is 0 Å². The van der Waals surface area contributed by atoms with Gasteiger partial charge < -0.3 is 5.11 Å². The molecule has 1 saturated carbocycles. The van der Waals surface area contributed by atoms with Gasteiger partial charge in [-0.1, -0.05) is 55.2 Å². The van der Waals surface area contributed by atoms with Crippen LogP contribution in [0.2, 0.25) is 0 Å². The second-order valence-corrected chi connectivity index (χ2v) is 7.29. The van der Waals surface area contributed by atoms with Crippen molar-refractivity contribution in [1.82, 2.24) is 5.32 Å². The summed E-state index contributed by atoms with van der Waals surface area (Å²) in [6.45, 7) is 3.43. The summed E-state index contributed by atoms with van der Waals surface area (Å²) in [5, 5.41) is 12.1. The summed E-state index contributed by atoms with van der Waals surface area (Å²) in [5.41, 5.74) is 0.445. The van der Waals surface area contributed by atoms with E-state index in [1.807, 2.05) is 0 Å². The van der Waals surface area contributed by atoms with Crippen LogP contribution in [0.3, 0.4) is 0 Å². The van der Waals surface area contributed by atoms with Gasteiger partial charge in [0, 0.05) is 10.5 Å². The third-order valence-corrected chi connectivity index (χ3v) is 5.56. The minimum Gasteiger partial charge on any atom is -0.381 e. The van der Waals surface area contributed by atoms with Crippen LogP contribution in [0.15, 0.2) is 0 Å². The molecule has 0 aliphatic heterocycles. The average molecular weight is 353 g/mol. The molecule has 0 heterocycles. The number of halogens is 1. The second-order valence-electron chi connectivity index (χ2n) is 5.53. The summed E-state index contributed by atoms with van der Waals surface area (Å²) >= 11 is 2.62. The van der Waals surface area contributed by atoms with Gasteiger partial charge in [-0.25, -0.2) is 0 Å². The standard InChI is InChI=1S/C14H28INO/c1-2-14(11-16-12-17)9-5-3-7-13(15)8-4-6-10-14/h13,16-17H,2-12H2,1H3. The minimum atomic E-state index is 0.123. The summed E-state index contributed by atoms with van der Waals surface area (Å²) in [6.07, 6.45) is 12.2. The predicted octanol–water partition coefficient (Wildman–Crippen LogP) is 3.86. The molecule has 1 aliphatic carbocycles. The molecule has 2 N–H and O–H groups in total. The normalized spacial score (nSPS) is 32.3. The highest BCUT2D eigenvalue weighted by atomic mass is 127. The smallest absolute Gasteiger partial charge is 0.0931 e. The molecule has 1 fully saturated rings. The lowest BCUT2D eigenvalue weighted by Gasteiger charge is -2.34. The fourth-order valence-electron chi connectivity index (χ4n) is 2.98. The molecule has 1 rings (SSSR count). The zero-order valence-electron chi connectivity index (χ0n) is 11.2. The number of hydrogen-bond donors (Lipinski definition) is 2. The van der Waals surface area contributed by atoms with Crippen LogP contribution in [0, 0.1) is 5.41 Å². The molecule has 0 amide bonds. The zero-order chi connectivity index (χ0) is 12.6. The molecule has 0 spiro atoms. The van der Waals surface area contributed by atoms with Gasteiger partial charge in [0.25, 0.3) is 0 Å². The number of rotatable bonds is 4. The van der Waals surface area contributed by atoms with Crippen molar-refractivity contribution >= 4 is 22.6 Å². The Balaban J connectivity index is 2.49. The summed E-state index contributed by atoms with van der Waals surface area (Å²) in [4.78, 5) is 0. The Bertz CT molecular complexity index is 187. The van der Waals surface area contributed by atoms with Crippen molar-refractivity contribution in [2.45, 2.75) is 68.6 Å². The number of nitrogens with one attached hydrogen (secondary N) is 1. The van der Waals surface area contributed by atoms with Crippen molar-refractivity contribution < 1.29 is 5.11 Å². The molecule has 102 valence electrons. The highest BCUT2D eigenvalue weighted by molar-refractivity contribution is 14.1. The lowest BCUT2D eigenvalue weighted by Crippen LogP contribution is -2.34. The maximum absolute atomic E-state index is 8.96. The first-order chi connectivity index (χ1) is 8.22. The third kappa shape index (κ3) is 5.88. The highest BCUT2D eigenvalue weighted by Gasteiger charge is 2.27. The summed E-state index contributed by atoms with van der Waals surface area (Å²) < 4.78 is 0.900. The van der Waals surface area contributed by atoms with E-state index >= 15 is 0 Å². The van der Waals surface area contributed by atoms with Crippen molar-refractivity contribution in [3.63, 3.8) is 0 Å². The topological polar surface area (TPSA) is 32.3 Å². The second kappa shape index (κ2) is 8.70. The summed E-state index contributed by atoms with van der Waals surface area (Å²) in [7, 11) is 0. The van der Waals surface area contributed by atoms with Crippen molar-refractivity contribution in [3.05, 3.63) is 0 Å². The molecule has 2 nitrogen and oxygen atoms in total. The first kappa shape index (κ1) is 15.7. The lowest BCUT2D eigenvalue weighted by molar-refractivity contribution is 0.168. The number of aliphatic hydroxyl groups excluding tert-OH is 1. The van der Waals surface area contributed by atoms with Crippen molar-refractivity contribution in [3.8, 4) is 0 Å². The van der Waals surface area contributed by atoms with Gasteiger partial charge in [0.05, 0.1) is 6.73 Å². The van der Waals surface area contributed by atoms with Gasteiger partial charge >= 0.3 is 0 Å². The first-order valence-electron chi connectivity index (χ1n) is 7.18. The minimum absolute atomic E-state index is 0.123. The van der Waals surface area contributed by atoms with Gasteiger partial charge in [-0.05, 0) is 37.5 Å². The molecule has 0 saturated heterocycles. The first-order valence-corrected chi connectivity index (χ1v) is 8.43. The Hall–Kier alpha value is 0.650. The Morgan fingerprint density at radius 3 is 2.24 bits per heavy atom. The Morgan fingerprint density at radius 1 is 1.18 bits per heavy atom. The van der Waals surface area contributed by atoms with Crippen molar-refractivity contribution in [2.75, 3.05) is 13.3 Å². The van der Waals surface area contributed by atoms with E-state index in [9.17, 15) is 0 Å².